The fraction of sp³-hybridized carbons (Fsp3) is 0.500. The summed E-state index contributed by atoms with van der Waals surface area (Å²) < 4.78 is 0. The van der Waals surface area contributed by atoms with E-state index in [9.17, 15) is 15.2 Å². The van der Waals surface area contributed by atoms with Crippen LogP contribution in [0.3, 0.4) is 0 Å². The third-order valence-electron chi connectivity index (χ3n) is 3.19. The third-order valence-corrected chi connectivity index (χ3v) is 3.19. The van der Waals surface area contributed by atoms with E-state index in [0.717, 1.165) is 38.0 Å². The summed E-state index contributed by atoms with van der Waals surface area (Å²) >= 11 is 0. The quantitative estimate of drug-likeness (QED) is 0.580. The van der Waals surface area contributed by atoms with Gasteiger partial charge in [0.05, 0.1) is 11.5 Å². The molecule has 0 amide bonds. The number of aliphatic hydroxyl groups is 1. The molecular weight excluding hydrogens is 220 g/mol. The molecule has 1 aromatic rings. The topological polar surface area (TPSA) is 67.8 Å². The van der Waals surface area contributed by atoms with Crippen LogP contribution in [-0.4, -0.2) is 29.2 Å². The number of hydrogen-bond acceptors (Lipinski definition) is 3. The van der Waals surface area contributed by atoms with Gasteiger partial charge in [-0.25, -0.2) is 0 Å². The van der Waals surface area contributed by atoms with E-state index in [4.69, 9.17) is 0 Å². The van der Waals surface area contributed by atoms with E-state index in [1.807, 2.05) is 0 Å². The normalized spacial score (nSPS) is 24.5. The van der Waals surface area contributed by atoms with Crippen LogP contribution in [0.2, 0.25) is 0 Å². The van der Waals surface area contributed by atoms with Gasteiger partial charge in [-0.15, -0.1) is 0 Å². The molecule has 5 nitrogen and oxygen atoms in total. The van der Waals surface area contributed by atoms with E-state index in [1.165, 1.54) is 17.0 Å². The highest BCUT2D eigenvalue weighted by Crippen LogP contribution is 2.11. The van der Waals surface area contributed by atoms with Gasteiger partial charge in [0.1, 0.15) is 19.2 Å². The molecule has 0 bridgehead atoms. The van der Waals surface area contributed by atoms with Gasteiger partial charge in [0.2, 0.25) is 0 Å². The van der Waals surface area contributed by atoms with Crippen molar-refractivity contribution < 1.29 is 14.9 Å². The molecule has 0 spiro atoms. The van der Waals surface area contributed by atoms with E-state index in [0.29, 0.717) is 0 Å². The van der Waals surface area contributed by atoms with Crippen molar-refractivity contribution in [1.82, 2.24) is 0 Å². The lowest BCUT2D eigenvalue weighted by atomic mass is 10.1. The van der Waals surface area contributed by atoms with Gasteiger partial charge in [-0.2, -0.15) is 0 Å². The molecule has 0 saturated carbocycles. The maximum atomic E-state index is 10.5. The number of nitrogens with one attached hydrogen (secondary N) is 1. The lowest BCUT2D eigenvalue weighted by Gasteiger charge is -2.27. The summed E-state index contributed by atoms with van der Waals surface area (Å²) in [7, 11) is 0. The molecule has 1 fully saturated rings. The number of nitro groups is 1. The molecule has 1 aromatic carbocycles. The molecule has 1 aliphatic rings. The molecule has 1 aliphatic heterocycles. The van der Waals surface area contributed by atoms with Crippen LogP contribution in [0.4, 0.5) is 5.69 Å². The SMILES string of the molecule is O=[N+]([O-])c1ccc(C[NH+]2CCC[C@H](O)C2)cc1. The van der Waals surface area contributed by atoms with Gasteiger partial charge in [-0.1, -0.05) is 0 Å². The minimum Gasteiger partial charge on any atom is -0.387 e. The van der Waals surface area contributed by atoms with E-state index >= 15 is 0 Å². The lowest BCUT2D eigenvalue weighted by molar-refractivity contribution is -0.921. The number of hydrogen-bond donors (Lipinski definition) is 2. The Kier molecular flexibility index (Phi) is 3.71. The average Bonchev–Trinajstić information content (AvgIpc) is 2.29. The van der Waals surface area contributed by atoms with Crippen molar-refractivity contribution in [2.75, 3.05) is 13.1 Å². The number of non-ortho nitro benzene ring substituents is 1. The standard InChI is InChI=1S/C12H16N2O3/c15-12-2-1-7-13(9-12)8-10-3-5-11(6-4-10)14(16)17/h3-6,12,15H,1-2,7-9H2/p+1/t12-/m0/s1. The predicted octanol–water partition coefficient (Wildman–Crippen LogP) is 0.134. The molecule has 92 valence electrons. The number of piperidine rings is 1. The van der Waals surface area contributed by atoms with Crippen LogP contribution in [-0.2, 0) is 6.54 Å². The van der Waals surface area contributed by atoms with Crippen LogP contribution in [0.1, 0.15) is 18.4 Å². The van der Waals surface area contributed by atoms with E-state index in [-0.39, 0.29) is 16.7 Å². The van der Waals surface area contributed by atoms with Crippen molar-refractivity contribution in [1.29, 1.82) is 0 Å². The van der Waals surface area contributed by atoms with E-state index < -0.39 is 0 Å². The first-order valence-electron chi connectivity index (χ1n) is 5.90. The van der Waals surface area contributed by atoms with Crippen LogP contribution in [0.15, 0.2) is 24.3 Å². The molecule has 1 heterocycles. The largest absolute Gasteiger partial charge is 0.387 e. The Bertz CT molecular complexity index is 391. The number of benzene rings is 1. The van der Waals surface area contributed by atoms with Crippen molar-refractivity contribution in [3.05, 3.63) is 39.9 Å². The highest BCUT2D eigenvalue weighted by molar-refractivity contribution is 5.32. The molecule has 2 N–H and O–H groups in total. The second-order valence-electron chi connectivity index (χ2n) is 4.60. The zero-order valence-electron chi connectivity index (χ0n) is 9.63. The summed E-state index contributed by atoms with van der Waals surface area (Å²) in [5.74, 6) is 0. The zero-order chi connectivity index (χ0) is 12.3. The summed E-state index contributed by atoms with van der Waals surface area (Å²) in [4.78, 5) is 11.5. The Morgan fingerprint density at radius 3 is 2.71 bits per heavy atom. The van der Waals surface area contributed by atoms with Crippen LogP contribution >= 0.6 is 0 Å². The number of aliphatic hydroxyl groups excluding tert-OH is 1. The van der Waals surface area contributed by atoms with Gasteiger partial charge in [0.25, 0.3) is 5.69 Å². The first-order valence-corrected chi connectivity index (χ1v) is 5.90. The molecule has 0 aliphatic carbocycles. The molecule has 1 saturated heterocycles. The van der Waals surface area contributed by atoms with Gasteiger partial charge in [0.15, 0.2) is 0 Å². The Balaban J connectivity index is 1.96. The van der Waals surface area contributed by atoms with Gasteiger partial charge in [-0.05, 0) is 25.0 Å². The fourth-order valence-electron chi connectivity index (χ4n) is 2.31. The molecule has 2 atom stereocenters. The van der Waals surface area contributed by atoms with Crippen LogP contribution in [0.5, 0.6) is 0 Å². The monoisotopic (exact) mass is 237 g/mol. The average molecular weight is 237 g/mol. The lowest BCUT2D eigenvalue weighted by Crippen LogP contribution is -3.12. The minimum atomic E-state index is -0.388. The van der Waals surface area contributed by atoms with Gasteiger partial charge in [-0.3, -0.25) is 10.1 Å². The fourth-order valence-corrected chi connectivity index (χ4v) is 2.31. The smallest absolute Gasteiger partial charge is 0.269 e. The van der Waals surface area contributed by atoms with Crippen molar-refractivity contribution in [2.24, 2.45) is 0 Å². The van der Waals surface area contributed by atoms with Crippen LogP contribution < -0.4 is 4.90 Å². The molecule has 2 rings (SSSR count). The maximum absolute atomic E-state index is 10.5. The first-order chi connectivity index (χ1) is 8.15. The van der Waals surface area contributed by atoms with Crippen molar-refractivity contribution >= 4 is 5.69 Å². The van der Waals surface area contributed by atoms with Gasteiger partial charge >= 0.3 is 0 Å². The highest BCUT2D eigenvalue weighted by atomic mass is 16.6. The Hall–Kier alpha value is -1.46. The summed E-state index contributed by atoms with van der Waals surface area (Å²) in [6, 6.07) is 6.67. The number of likely N-dealkylation sites (tertiary alicyclic amines) is 1. The highest BCUT2D eigenvalue weighted by Gasteiger charge is 2.21. The summed E-state index contributed by atoms with van der Waals surface area (Å²) in [6.45, 7) is 2.67. The van der Waals surface area contributed by atoms with E-state index in [1.54, 1.807) is 12.1 Å². The third kappa shape index (κ3) is 3.25. The van der Waals surface area contributed by atoms with Crippen LogP contribution in [0, 0.1) is 10.1 Å². The molecular formula is C12H17N2O3+. The maximum Gasteiger partial charge on any atom is 0.269 e. The molecule has 0 aromatic heterocycles. The predicted molar refractivity (Wildman–Crippen MR) is 62.7 cm³/mol. The molecule has 1 unspecified atom stereocenters. The second-order valence-corrected chi connectivity index (χ2v) is 4.60. The number of nitrogens with zero attached hydrogens (tertiary/aromatic N) is 1. The summed E-state index contributed by atoms with van der Waals surface area (Å²) in [5, 5.41) is 20.1. The van der Waals surface area contributed by atoms with Crippen LogP contribution in [0.25, 0.3) is 0 Å². The Labute approximate surface area is 99.8 Å². The second kappa shape index (κ2) is 5.25. The Morgan fingerprint density at radius 2 is 2.12 bits per heavy atom. The van der Waals surface area contributed by atoms with Crippen molar-refractivity contribution in [3.8, 4) is 0 Å². The molecule has 17 heavy (non-hydrogen) atoms. The molecule has 5 heteroatoms. The minimum absolute atomic E-state index is 0.127. The Morgan fingerprint density at radius 1 is 1.41 bits per heavy atom. The number of quaternary nitrogens is 1. The van der Waals surface area contributed by atoms with E-state index in [2.05, 4.69) is 0 Å². The van der Waals surface area contributed by atoms with Crippen molar-refractivity contribution in [3.63, 3.8) is 0 Å². The first kappa shape index (κ1) is 12.0. The zero-order valence-corrected chi connectivity index (χ0v) is 9.63. The number of nitro benzene ring substituents is 1. The summed E-state index contributed by atoms with van der Waals surface area (Å²) in [6.07, 6.45) is 1.74. The molecule has 0 radical (unpaired) electrons. The number of rotatable bonds is 3. The summed E-state index contributed by atoms with van der Waals surface area (Å²) in [5.41, 5.74) is 1.21. The van der Waals surface area contributed by atoms with Gasteiger partial charge in [0, 0.05) is 17.7 Å². The van der Waals surface area contributed by atoms with Gasteiger partial charge < -0.3 is 10.0 Å². The van der Waals surface area contributed by atoms with Crippen molar-refractivity contribution in [2.45, 2.75) is 25.5 Å².